The van der Waals surface area contributed by atoms with Crippen molar-refractivity contribution in [3.05, 3.63) is 36.4 Å². The molecule has 160 valence electrons. The van der Waals surface area contributed by atoms with E-state index in [0.717, 1.165) is 4.90 Å². The summed E-state index contributed by atoms with van der Waals surface area (Å²) in [5, 5.41) is 0. The number of benzene rings is 1. The maximum Gasteiger partial charge on any atom is 0.253 e. The Labute approximate surface area is 170 Å². The molecular formula is C20H28N2O7. The summed E-state index contributed by atoms with van der Waals surface area (Å²) in [6.45, 7) is 4.08. The van der Waals surface area contributed by atoms with Gasteiger partial charge in [0.1, 0.15) is 12.4 Å². The Morgan fingerprint density at radius 1 is 0.690 bits per heavy atom. The highest BCUT2D eigenvalue weighted by molar-refractivity contribution is 6.12. The quantitative estimate of drug-likeness (QED) is 0.241. The van der Waals surface area contributed by atoms with Gasteiger partial charge in [-0.3, -0.25) is 14.5 Å². The third-order valence-corrected chi connectivity index (χ3v) is 3.88. The maximum atomic E-state index is 11.3. The van der Waals surface area contributed by atoms with E-state index >= 15 is 0 Å². The van der Waals surface area contributed by atoms with Gasteiger partial charge in [-0.1, -0.05) is 12.1 Å². The SMILES string of the molecule is Nc1ccccc1OCCOCCOCCOCCOCCN1C(=O)C=CC1=O. The number of nitrogen functional groups attached to an aromatic ring is 1. The van der Waals surface area contributed by atoms with Crippen LogP contribution in [0.4, 0.5) is 5.69 Å². The van der Waals surface area contributed by atoms with Gasteiger partial charge in [0.15, 0.2) is 0 Å². The van der Waals surface area contributed by atoms with Gasteiger partial charge in [-0.15, -0.1) is 0 Å². The summed E-state index contributed by atoms with van der Waals surface area (Å²) < 4.78 is 27.0. The highest BCUT2D eigenvalue weighted by Crippen LogP contribution is 2.19. The van der Waals surface area contributed by atoms with Crippen molar-refractivity contribution in [3.8, 4) is 5.75 Å². The van der Waals surface area contributed by atoms with Crippen molar-refractivity contribution in [2.75, 3.05) is 71.7 Å². The fourth-order valence-electron chi connectivity index (χ4n) is 2.39. The fraction of sp³-hybridized carbons (Fsp3) is 0.500. The number of ether oxygens (including phenoxy) is 5. The molecule has 2 N–H and O–H groups in total. The van der Waals surface area contributed by atoms with Crippen molar-refractivity contribution in [1.82, 2.24) is 4.90 Å². The molecule has 29 heavy (non-hydrogen) atoms. The minimum atomic E-state index is -0.301. The minimum Gasteiger partial charge on any atom is -0.489 e. The number of hydrogen-bond donors (Lipinski definition) is 1. The highest BCUT2D eigenvalue weighted by atomic mass is 16.6. The Morgan fingerprint density at radius 2 is 1.17 bits per heavy atom. The molecule has 1 heterocycles. The van der Waals surface area contributed by atoms with Gasteiger partial charge in [0.05, 0.1) is 65.1 Å². The first-order chi connectivity index (χ1) is 14.2. The van der Waals surface area contributed by atoms with Crippen LogP contribution >= 0.6 is 0 Å². The molecule has 0 saturated heterocycles. The molecule has 0 radical (unpaired) electrons. The van der Waals surface area contributed by atoms with Crippen LogP contribution in [0.1, 0.15) is 0 Å². The van der Waals surface area contributed by atoms with Crippen molar-refractivity contribution in [2.45, 2.75) is 0 Å². The zero-order chi connectivity index (χ0) is 20.7. The van der Waals surface area contributed by atoms with E-state index in [4.69, 9.17) is 29.4 Å². The first-order valence-electron chi connectivity index (χ1n) is 9.50. The number of carbonyl (C=O) groups excluding carboxylic acids is 2. The lowest BCUT2D eigenvalue weighted by molar-refractivity contribution is -0.137. The molecule has 2 amide bonds. The normalized spacial score (nSPS) is 13.4. The zero-order valence-corrected chi connectivity index (χ0v) is 16.4. The summed E-state index contributed by atoms with van der Waals surface area (Å²) in [5.41, 5.74) is 6.38. The van der Waals surface area contributed by atoms with E-state index in [1.807, 2.05) is 18.2 Å². The molecule has 0 atom stereocenters. The largest absolute Gasteiger partial charge is 0.489 e. The van der Waals surface area contributed by atoms with E-state index in [0.29, 0.717) is 64.3 Å². The van der Waals surface area contributed by atoms with Gasteiger partial charge in [0.2, 0.25) is 0 Å². The fourth-order valence-corrected chi connectivity index (χ4v) is 2.39. The van der Waals surface area contributed by atoms with Crippen molar-refractivity contribution < 1.29 is 33.3 Å². The molecule has 0 saturated carbocycles. The number of anilines is 1. The van der Waals surface area contributed by atoms with Gasteiger partial charge >= 0.3 is 0 Å². The van der Waals surface area contributed by atoms with Gasteiger partial charge in [0, 0.05) is 12.2 Å². The maximum absolute atomic E-state index is 11.3. The molecule has 9 heteroatoms. The highest BCUT2D eigenvalue weighted by Gasteiger charge is 2.22. The topological polar surface area (TPSA) is 110 Å². The molecule has 0 unspecified atom stereocenters. The molecule has 1 aromatic carbocycles. The van der Waals surface area contributed by atoms with E-state index in [2.05, 4.69) is 0 Å². The Balaban J connectivity index is 1.30. The van der Waals surface area contributed by atoms with E-state index in [1.165, 1.54) is 12.2 Å². The summed E-state index contributed by atoms with van der Waals surface area (Å²) >= 11 is 0. The molecule has 0 aromatic heterocycles. The second kappa shape index (κ2) is 13.7. The number of imide groups is 1. The first-order valence-corrected chi connectivity index (χ1v) is 9.50. The molecule has 2 rings (SSSR count). The van der Waals surface area contributed by atoms with E-state index in [-0.39, 0.29) is 25.0 Å². The van der Waals surface area contributed by atoms with Crippen LogP contribution in [0.25, 0.3) is 0 Å². The number of para-hydroxylation sites is 2. The number of carbonyl (C=O) groups is 2. The summed E-state index contributed by atoms with van der Waals surface area (Å²) in [5.74, 6) is 0.0531. The number of amides is 2. The van der Waals surface area contributed by atoms with Gasteiger partial charge in [-0.2, -0.15) is 0 Å². The number of hydrogen-bond acceptors (Lipinski definition) is 8. The zero-order valence-electron chi connectivity index (χ0n) is 16.4. The van der Waals surface area contributed by atoms with Crippen molar-refractivity contribution in [3.63, 3.8) is 0 Å². The van der Waals surface area contributed by atoms with Crippen LogP contribution in [0.15, 0.2) is 36.4 Å². The lowest BCUT2D eigenvalue weighted by Crippen LogP contribution is -2.33. The molecule has 0 aliphatic carbocycles. The van der Waals surface area contributed by atoms with Crippen LogP contribution in [0.2, 0.25) is 0 Å². The average molecular weight is 408 g/mol. The molecule has 0 spiro atoms. The average Bonchev–Trinajstić information content (AvgIpc) is 3.04. The van der Waals surface area contributed by atoms with Crippen LogP contribution in [0.5, 0.6) is 5.75 Å². The molecule has 1 aromatic rings. The third kappa shape index (κ3) is 9.05. The Kier molecular flexibility index (Phi) is 10.8. The summed E-state index contributed by atoms with van der Waals surface area (Å²) in [4.78, 5) is 23.8. The van der Waals surface area contributed by atoms with Crippen molar-refractivity contribution >= 4 is 17.5 Å². The Hall–Kier alpha value is -2.46. The van der Waals surface area contributed by atoms with Gasteiger partial charge in [-0.25, -0.2) is 0 Å². The van der Waals surface area contributed by atoms with Crippen molar-refractivity contribution in [2.24, 2.45) is 0 Å². The van der Waals surface area contributed by atoms with Crippen LogP contribution in [0.3, 0.4) is 0 Å². The van der Waals surface area contributed by atoms with E-state index in [1.54, 1.807) is 6.07 Å². The van der Waals surface area contributed by atoms with Gasteiger partial charge < -0.3 is 29.4 Å². The van der Waals surface area contributed by atoms with Gasteiger partial charge in [-0.05, 0) is 12.1 Å². The molecule has 9 nitrogen and oxygen atoms in total. The van der Waals surface area contributed by atoms with E-state index in [9.17, 15) is 9.59 Å². The van der Waals surface area contributed by atoms with Crippen LogP contribution in [0, 0.1) is 0 Å². The summed E-state index contributed by atoms with van der Waals surface area (Å²) in [6.07, 6.45) is 2.51. The molecule has 1 aliphatic heterocycles. The van der Waals surface area contributed by atoms with Gasteiger partial charge in [0.25, 0.3) is 11.8 Å². The van der Waals surface area contributed by atoms with Crippen LogP contribution < -0.4 is 10.5 Å². The first kappa shape index (κ1) is 22.8. The third-order valence-electron chi connectivity index (χ3n) is 3.88. The number of nitrogens with two attached hydrogens (primary N) is 1. The smallest absolute Gasteiger partial charge is 0.253 e. The number of nitrogens with zero attached hydrogens (tertiary/aromatic N) is 1. The predicted molar refractivity (Wildman–Crippen MR) is 105 cm³/mol. The monoisotopic (exact) mass is 408 g/mol. The predicted octanol–water partition coefficient (Wildman–Crippen LogP) is 0.639. The van der Waals surface area contributed by atoms with Crippen LogP contribution in [-0.2, 0) is 28.5 Å². The second-order valence-corrected chi connectivity index (χ2v) is 6.00. The summed E-state index contributed by atoms with van der Waals surface area (Å²) in [7, 11) is 0. The standard InChI is InChI=1S/C20H28N2O7/c21-17-3-1-2-4-18(17)29-16-15-28-14-13-27-12-11-26-10-9-25-8-7-22-19(23)5-6-20(22)24/h1-6H,7-16,21H2. The van der Waals surface area contributed by atoms with Crippen LogP contribution in [-0.4, -0.2) is 82.7 Å². The Bertz CT molecular complexity index is 648. The van der Waals surface area contributed by atoms with Crippen molar-refractivity contribution in [1.29, 1.82) is 0 Å². The molecular weight excluding hydrogens is 380 g/mol. The minimum absolute atomic E-state index is 0.248. The summed E-state index contributed by atoms with van der Waals surface area (Å²) in [6, 6.07) is 7.32. The molecule has 0 bridgehead atoms. The Morgan fingerprint density at radius 3 is 1.72 bits per heavy atom. The molecule has 1 aliphatic rings. The number of rotatable bonds is 16. The lowest BCUT2D eigenvalue weighted by Gasteiger charge is -2.13. The second-order valence-electron chi connectivity index (χ2n) is 6.00. The van der Waals surface area contributed by atoms with E-state index < -0.39 is 0 Å². The lowest BCUT2D eigenvalue weighted by atomic mass is 10.3. The molecule has 0 fully saturated rings.